The first-order chi connectivity index (χ1) is 8.20. The van der Waals surface area contributed by atoms with E-state index in [0.29, 0.717) is 0 Å². The van der Waals surface area contributed by atoms with Crippen molar-refractivity contribution in [2.45, 2.75) is 13.5 Å². The molecule has 0 aromatic heterocycles. The van der Waals surface area contributed by atoms with E-state index < -0.39 is 0 Å². The van der Waals surface area contributed by atoms with Gasteiger partial charge in [-0.3, -0.25) is 4.90 Å². The van der Waals surface area contributed by atoms with Crippen molar-refractivity contribution in [2.75, 3.05) is 33.3 Å². The van der Waals surface area contributed by atoms with Crippen LogP contribution in [0.3, 0.4) is 0 Å². The second-order valence-corrected chi connectivity index (χ2v) is 5.29. The largest absolute Gasteiger partial charge is 0.496 e. The molecular weight excluding hydrogens is 280 g/mol. The van der Waals surface area contributed by atoms with Gasteiger partial charge in [0.2, 0.25) is 0 Å². The van der Waals surface area contributed by atoms with Gasteiger partial charge >= 0.3 is 0 Å². The maximum atomic E-state index is 5.30. The first-order valence-electron chi connectivity index (χ1n) is 5.97. The summed E-state index contributed by atoms with van der Waals surface area (Å²) >= 11 is 3.55. The van der Waals surface area contributed by atoms with E-state index in [1.807, 2.05) is 0 Å². The molecule has 1 aromatic rings. The lowest BCUT2D eigenvalue weighted by Gasteiger charge is -2.28. The summed E-state index contributed by atoms with van der Waals surface area (Å²) in [4.78, 5) is 2.48. The highest BCUT2D eigenvalue weighted by Crippen LogP contribution is 2.28. The van der Waals surface area contributed by atoms with Crippen LogP contribution in [0.4, 0.5) is 0 Å². The lowest BCUT2D eigenvalue weighted by atomic mass is 10.1. The van der Waals surface area contributed by atoms with Crippen LogP contribution in [-0.2, 0) is 6.54 Å². The molecule has 0 unspecified atom stereocenters. The van der Waals surface area contributed by atoms with E-state index in [1.165, 1.54) is 11.1 Å². The lowest BCUT2D eigenvalue weighted by molar-refractivity contribution is 0.232. The third-order valence-electron chi connectivity index (χ3n) is 3.21. The van der Waals surface area contributed by atoms with E-state index in [1.54, 1.807) is 7.11 Å². The molecule has 3 nitrogen and oxygen atoms in total. The van der Waals surface area contributed by atoms with E-state index in [2.05, 4.69) is 45.2 Å². The van der Waals surface area contributed by atoms with Gasteiger partial charge in [0, 0.05) is 32.7 Å². The zero-order valence-electron chi connectivity index (χ0n) is 10.4. The Hall–Kier alpha value is -0.580. The Labute approximate surface area is 111 Å². The van der Waals surface area contributed by atoms with Crippen LogP contribution in [0.1, 0.15) is 11.1 Å². The Bertz CT molecular complexity index is 389. The third-order valence-corrected chi connectivity index (χ3v) is 3.83. The van der Waals surface area contributed by atoms with Crippen LogP contribution in [0.15, 0.2) is 16.6 Å². The van der Waals surface area contributed by atoms with Crippen molar-refractivity contribution in [3.05, 3.63) is 27.7 Å². The van der Waals surface area contributed by atoms with Crippen molar-refractivity contribution in [3.63, 3.8) is 0 Å². The highest BCUT2D eigenvalue weighted by atomic mass is 79.9. The minimum atomic E-state index is 0.909. The van der Waals surface area contributed by atoms with Crippen molar-refractivity contribution >= 4 is 15.9 Å². The Morgan fingerprint density at radius 3 is 2.71 bits per heavy atom. The van der Waals surface area contributed by atoms with Gasteiger partial charge in [0.25, 0.3) is 0 Å². The highest BCUT2D eigenvalue weighted by Gasteiger charge is 2.12. The summed E-state index contributed by atoms with van der Waals surface area (Å²) in [5.41, 5.74) is 2.67. The average Bonchev–Trinajstić information content (AvgIpc) is 2.34. The molecule has 4 heteroatoms. The number of halogens is 1. The van der Waals surface area contributed by atoms with Gasteiger partial charge in [0.1, 0.15) is 5.75 Å². The number of piperazine rings is 1. The van der Waals surface area contributed by atoms with Crippen LogP contribution in [0.5, 0.6) is 5.75 Å². The van der Waals surface area contributed by atoms with Crippen LogP contribution in [-0.4, -0.2) is 38.2 Å². The number of benzene rings is 1. The molecule has 0 amide bonds. The summed E-state index contributed by atoms with van der Waals surface area (Å²) in [6.07, 6.45) is 0. The van der Waals surface area contributed by atoms with Crippen LogP contribution in [0.2, 0.25) is 0 Å². The Balaban J connectivity index is 2.12. The number of hydrogen-bond acceptors (Lipinski definition) is 3. The molecule has 0 bridgehead atoms. The van der Waals surface area contributed by atoms with Gasteiger partial charge in [0.15, 0.2) is 0 Å². The zero-order valence-corrected chi connectivity index (χ0v) is 12.0. The minimum absolute atomic E-state index is 0.909. The number of ether oxygens (including phenoxy) is 1. The molecular formula is C13H19BrN2O. The average molecular weight is 299 g/mol. The smallest absolute Gasteiger partial charge is 0.133 e. The topological polar surface area (TPSA) is 24.5 Å². The molecule has 1 aromatic carbocycles. The summed E-state index contributed by atoms with van der Waals surface area (Å²) < 4.78 is 6.34. The fourth-order valence-electron chi connectivity index (χ4n) is 2.13. The van der Waals surface area contributed by atoms with Gasteiger partial charge < -0.3 is 10.1 Å². The maximum absolute atomic E-state index is 5.30. The number of nitrogens with one attached hydrogen (secondary N) is 1. The predicted molar refractivity (Wildman–Crippen MR) is 73.6 cm³/mol. The maximum Gasteiger partial charge on any atom is 0.133 e. The quantitative estimate of drug-likeness (QED) is 0.926. The van der Waals surface area contributed by atoms with Gasteiger partial charge in [0.05, 0.1) is 11.6 Å². The molecule has 0 spiro atoms. The fourth-order valence-corrected chi connectivity index (χ4v) is 2.69. The van der Waals surface area contributed by atoms with Gasteiger partial charge in [-0.15, -0.1) is 0 Å². The zero-order chi connectivity index (χ0) is 12.3. The number of nitrogens with zero attached hydrogens (tertiary/aromatic N) is 1. The molecule has 94 valence electrons. The van der Waals surface area contributed by atoms with Crippen LogP contribution in [0, 0.1) is 6.92 Å². The van der Waals surface area contributed by atoms with Crippen molar-refractivity contribution in [3.8, 4) is 5.75 Å². The van der Waals surface area contributed by atoms with E-state index in [4.69, 9.17) is 4.74 Å². The summed E-state index contributed by atoms with van der Waals surface area (Å²) in [6.45, 7) is 7.61. The van der Waals surface area contributed by atoms with E-state index in [-0.39, 0.29) is 0 Å². The van der Waals surface area contributed by atoms with Gasteiger partial charge in [-0.05, 0) is 46.1 Å². The number of hydrogen-bond donors (Lipinski definition) is 1. The molecule has 1 aliphatic heterocycles. The first-order valence-corrected chi connectivity index (χ1v) is 6.76. The Kier molecular flexibility index (Phi) is 4.42. The molecule has 17 heavy (non-hydrogen) atoms. The van der Waals surface area contributed by atoms with E-state index in [9.17, 15) is 0 Å². The first kappa shape index (κ1) is 12.9. The summed E-state index contributed by atoms with van der Waals surface area (Å²) in [5, 5.41) is 3.37. The Morgan fingerprint density at radius 1 is 1.35 bits per heavy atom. The number of aryl methyl sites for hydroxylation is 1. The summed E-state index contributed by atoms with van der Waals surface area (Å²) in [6, 6.07) is 4.28. The van der Waals surface area contributed by atoms with Crippen molar-refractivity contribution in [2.24, 2.45) is 0 Å². The van der Waals surface area contributed by atoms with Crippen LogP contribution >= 0.6 is 15.9 Å². The lowest BCUT2D eigenvalue weighted by Crippen LogP contribution is -2.43. The molecule has 0 aliphatic carbocycles. The SMILES string of the molecule is COc1cc(C)c(CN2CCNCC2)cc1Br. The molecule has 1 saturated heterocycles. The van der Waals surface area contributed by atoms with E-state index >= 15 is 0 Å². The summed E-state index contributed by atoms with van der Waals surface area (Å²) in [7, 11) is 1.70. The van der Waals surface area contributed by atoms with Gasteiger partial charge in [-0.2, -0.15) is 0 Å². The number of rotatable bonds is 3. The second-order valence-electron chi connectivity index (χ2n) is 4.44. The van der Waals surface area contributed by atoms with Gasteiger partial charge in [-0.1, -0.05) is 0 Å². The monoisotopic (exact) mass is 298 g/mol. The molecule has 0 atom stereocenters. The van der Waals surface area contributed by atoms with Crippen molar-refractivity contribution in [1.82, 2.24) is 10.2 Å². The normalized spacial score (nSPS) is 17.1. The Morgan fingerprint density at radius 2 is 2.06 bits per heavy atom. The van der Waals surface area contributed by atoms with Gasteiger partial charge in [-0.25, -0.2) is 0 Å². The predicted octanol–water partition coefficient (Wildman–Crippen LogP) is 2.17. The molecule has 1 heterocycles. The second kappa shape index (κ2) is 5.85. The third kappa shape index (κ3) is 3.21. The van der Waals surface area contributed by atoms with Crippen molar-refractivity contribution < 1.29 is 4.74 Å². The molecule has 1 fully saturated rings. The van der Waals surface area contributed by atoms with Crippen molar-refractivity contribution in [1.29, 1.82) is 0 Å². The fraction of sp³-hybridized carbons (Fsp3) is 0.538. The number of methoxy groups -OCH3 is 1. The van der Waals surface area contributed by atoms with Crippen LogP contribution in [0.25, 0.3) is 0 Å². The molecule has 1 aliphatic rings. The van der Waals surface area contributed by atoms with Crippen LogP contribution < -0.4 is 10.1 Å². The molecule has 2 rings (SSSR count). The molecule has 0 saturated carbocycles. The van der Waals surface area contributed by atoms with E-state index in [0.717, 1.165) is 42.9 Å². The standard InChI is InChI=1S/C13H19BrN2O/c1-10-7-13(17-2)12(14)8-11(10)9-16-5-3-15-4-6-16/h7-8,15H,3-6,9H2,1-2H3. The summed E-state index contributed by atoms with van der Waals surface area (Å²) in [5.74, 6) is 0.909. The highest BCUT2D eigenvalue weighted by molar-refractivity contribution is 9.10. The minimum Gasteiger partial charge on any atom is -0.496 e. The molecule has 0 radical (unpaired) electrons. The molecule has 1 N–H and O–H groups in total.